The van der Waals surface area contributed by atoms with E-state index in [9.17, 15) is 4.79 Å². The Hall–Kier alpha value is -3.68. The Labute approximate surface area is 162 Å². The number of nitrogens with zero attached hydrogens (tertiary/aromatic N) is 4. The lowest BCUT2D eigenvalue weighted by atomic mass is 9.94. The number of carbonyl (C=O) groups is 1. The topological polar surface area (TPSA) is 94.0 Å². The smallest absolute Gasteiger partial charge is 0.257 e. The van der Waals surface area contributed by atoms with Crippen LogP contribution in [0.25, 0.3) is 0 Å². The summed E-state index contributed by atoms with van der Waals surface area (Å²) < 4.78 is 7.51. The van der Waals surface area contributed by atoms with Crippen molar-refractivity contribution < 1.29 is 9.53 Å². The number of carbonyl (C=O) groups excluding carboxylic acids is 1. The molecule has 8 nitrogen and oxygen atoms in total. The molecule has 28 heavy (non-hydrogen) atoms. The van der Waals surface area contributed by atoms with Gasteiger partial charge in [-0.3, -0.25) is 4.79 Å². The number of ether oxygens (including phenoxy) is 1. The van der Waals surface area contributed by atoms with E-state index in [0.717, 1.165) is 5.56 Å². The summed E-state index contributed by atoms with van der Waals surface area (Å²) in [7, 11) is 0. The predicted molar refractivity (Wildman–Crippen MR) is 105 cm³/mol. The monoisotopic (exact) mass is 376 g/mol. The molecule has 1 amide bonds. The molecule has 1 atom stereocenters. The number of allylic oxidation sites excluding steroid dienone is 1. The maximum Gasteiger partial charge on any atom is 0.257 e. The van der Waals surface area contributed by atoms with Gasteiger partial charge in [0.15, 0.2) is 0 Å². The molecule has 2 N–H and O–H groups in total. The number of nitrogens with one attached hydrogen (secondary N) is 2. The van der Waals surface area contributed by atoms with Gasteiger partial charge >= 0.3 is 0 Å². The molecule has 0 spiro atoms. The Morgan fingerprint density at radius 1 is 1.21 bits per heavy atom. The standard InChI is InChI=1S/C20H20N6O2/c1-3-28-15-9-5-4-8-14(15)18-17(13(2)24-20-22-12-23-26(18)20)19(27)25-16-10-6-7-11-21-16/h4-12,18H,3H2,1-2H3,(H,21,25,27)(H,22,23,24). The number of para-hydroxylation sites is 1. The second-order valence-corrected chi connectivity index (χ2v) is 6.23. The van der Waals surface area contributed by atoms with E-state index in [1.54, 1.807) is 23.0 Å². The number of pyridine rings is 1. The van der Waals surface area contributed by atoms with Gasteiger partial charge in [-0.05, 0) is 32.0 Å². The second-order valence-electron chi connectivity index (χ2n) is 6.23. The summed E-state index contributed by atoms with van der Waals surface area (Å²) >= 11 is 0. The minimum absolute atomic E-state index is 0.263. The van der Waals surface area contributed by atoms with Crippen LogP contribution < -0.4 is 15.4 Å². The normalized spacial score (nSPS) is 15.6. The van der Waals surface area contributed by atoms with E-state index >= 15 is 0 Å². The van der Waals surface area contributed by atoms with Gasteiger partial charge in [0.1, 0.15) is 23.9 Å². The molecular weight excluding hydrogens is 356 g/mol. The van der Waals surface area contributed by atoms with E-state index < -0.39 is 6.04 Å². The lowest BCUT2D eigenvalue weighted by Crippen LogP contribution is -2.32. The lowest BCUT2D eigenvalue weighted by molar-refractivity contribution is -0.113. The van der Waals surface area contributed by atoms with Crippen LogP contribution in [-0.2, 0) is 4.79 Å². The molecule has 0 aliphatic carbocycles. The van der Waals surface area contributed by atoms with Gasteiger partial charge in [0.25, 0.3) is 5.91 Å². The zero-order valence-corrected chi connectivity index (χ0v) is 15.6. The Morgan fingerprint density at radius 2 is 2.04 bits per heavy atom. The fourth-order valence-electron chi connectivity index (χ4n) is 3.29. The number of hydrogen-bond donors (Lipinski definition) is 2. The molecule has 0 fully saturated rings. The number of amides is 1. The van der Waals surface area contributed by atoms with Crippen LogP contribution in [0.3, 0.4) is 0 Å². The molecule has 0 radical (unpaired) electrons. The zero-order valence-electron chi connectivity index (χ0n) is 15.6. The van der Waals surface area contributed by atoms with Crippen LogP contribution in [0.2, 0.25) is 0 Å². The van der Waals surface area contributed by atoms with Gasteiger partial charge < -0.3 is 15.4 Å². The first-order chi connectivity index (χ1) is 13.7. The Balaban J connectivity index is 1.80. The van der Waals surface area contributed by atoms with Gasteiger partial charge in [-0.2, -0.15) is 10.1 Å². The largest absolute Gasteiger partial charge is 0.494 e. The molecule has 2 aromatic heterocycles. The molecule has 1 unspecified atom stereocenters. The van der Waals surface area contributed by atoms with Crippen molar-refractivity contribution in [2.75, 3.05) is 17.2 Å². The number of anilines is 2. The van der Waals surface area contributed by atoms with E-state index in [-0.39, 0.29) is 5.91 Å². The Kier molecular flexibility index (Phi) is 4.76. The fraction of sp³-hybridized carbons (Fsp3) is 0.200. The van der Waals surface area contributed by atoms with Crippen molar-refractivity contribution in [2.45, 2.75) is 19.9 Å². The molecule has 1 aromatic carbocycles. The summed E-state index contributed by atoms with van der Waals surface area (Å²) in [4.78, 5) is 21.7. The molecule has 0 saturated carbocycles. The molecule has 0 saturated heterocycles. The third kappa shape index (κ3) is 3.20. The van der Waals surface area contributed by atoms with Gasteiger partial charge in [0.05, 0.1) is 12.2 Å². The minimum Gasteiger partial charge on any atom is -0.494 e. The minimum atomic E-state index is -0.481. The van der Waals surface area contributed by atoms with Crippen molar-refractivity contribution >= 4 is 17.7 Å². The highest BCUT2D eigenvalue weighted by molar-refractivity contribution is 6.05. The molecule has 142 valence electrons. The average Bonchev–Trinajstić information content (AvgIpc) is 3.16. The van der Waals surface area contributed by atoms with Gasteiger partial charge in [-0.1, -0.05) is 24.3 Å². The highest BCUT2D eigenvalue weighted by Crippen LogP contribution is 2.38. The van der Waals surface area contributed by atoms with Crippen molar-refractivity contribution in [1.82, 2.24) is 19.7 Å². The van der Waals surface area contributed by atoms with E-state index in [1.807, 2.05) is 44.2 Å². The van der Waals surface area contributed by atoms with Gasteiger partial charge in [-0.25, -0.2) is 9.67 Å². The van der Waals surface area contributed by atoms with Crippen molar-refractivity contribution in [3.63, 3.8) is 0 Å². The van der Waals surface area contributed by atoms with Crippen LogP contribution in [0.4, 0.5) is 11.8 Å². The van der Waals surface area contributed by atoms with Crippen LogP contribution in [-0.4, -0.2) is 32.3 Å². The number of aromatic nitrogens is 4. The van der Waals surface area contributed by atoms with Crippen molar-refractivity contribution in [2.24, 2.45) is 0 Å². The third-order valence-corrected chi connectivity index (χ3v) is 4.46. The van der Waals surface area contributed by atoms with Gasteiger partial charge in [-0.15, -0.1) is 0 Å². The Bertz CT molecular complexity index is 1030. The van der Waals surface area contributed by atoms with Crippen molar-refractivity contribution in [3.05, 3.63) is 71.8 Å². The maximum atomic E-state index is 13.2. The maximum absolute atomic E-state index is 13.2. The highest BCUT2D eigenvalue weighted by atomic mass is 16.5. The molecule has 1 aliphatic rings. The van der Waals surface area contributed by atoms with Crippen molar-refractivity contribution in [3.8, 4) is 5.75 Å². The molecule has 8 heteroatoms. The van der Waals surface area contributed by atoms with E-state index in [0.29, 0.717) is 35.4 Å². The summed E-state index contributed by atoms with van der Waals surface area (Å²) in [6, 6.07) is 12.5. The average molecular weight is 376 g/mol. The Morgan fingerprint density at radius 3 is 2.82 bits per heavy atom. The molecule has 1 aliphatic heterocycles. The molecule has 0 bridgehead atoms. The lowest BCUT2D eigenvalue weighted by Gasteiger charge is -2.29. The van der Waals surface area contributed by atoms with E-state index in [4.69, 9.17) is 4.74 Å². The first kappa shape index (κ1) is 17.7. The summed E-state index contributed by atoms with van der Waals surface area (Å²) in [5.74, 6) is 1.49. The molecule has 3 aromatic rings. The number of rotatable bonds is 5. The summed E-state index contributed by atoms with van der Waals surface area (Å²) in [6.45, 7) is 4.29. The SMILES string of the molecule is CCOc1ccccc1C1C(C(=O)Nc2ccccn2)=C(C)Nc2ncnn21. The first-order valence-corrected chi connectivity index (χ1v) is 9.00. The van der Waals surface area contributed by atoms with Crippen LogP contribution in [0, 0.1) is 0 Å². The summed E-state index contributed by atoms with van der Waals surface area (Å²) in [5, 5.41) is 10.4. The number of benzene rings is 1. The highest BCUT2D eigenvalue weighted by Gasteiger charge is 2.35. The number of hydrogen-bond acceptors (Lipinski definition) is 6. The van der Waals surface area contributed by atoms with Gasteiger partial charge in [0.2, 0.25) is 5.95 Å². The zero-order chi connectivity index (χ0) is 19.5. The quantitative estimate of drug-likeness (QED) is 0.711. The fourth-order valence-corrected chi connectivity index (χ4v) is 3.29. The van der Waals surface area contributed by atoms with E-state index in [2.05, 4.69) is 25.7 Å². The van der Waals surface area contributed by atoms with Crippen LogP contribution in [0.1, 0.15) is 25.5 Å². The van der Waals surface area contributed by atoms with Crippen LogP contribution in [0.5, 0.6) is 5.75 Å². The van der Waals surface area contributed by atoms with Crippen LogP contribution in [0.15, 0.2) is 66.3 Å². The van der Waals surface area contributed by atoms with E-state index in [1.165, 1.54) is 6.33 Å². The van der Waals surface area contributed by atoms with Crippen LogP contribution >= 0.6 is 0 Å². The first-order valence-electron chi connectivity index (χ1n) is 9.00. The number of fused-ring (bicyclic) bond motifs is 1. The van der Waals surface area contributed by atoms with Gasteiger partial charge in [0, 0.05) is 17.5 Å². The summed E-state index contributed by atoms with van der Waals surface area (Å²) in [6.07, 6.45) is 3.10. The molecule has 4 rings (SSSR count). The molecule has 3 heterocycles. The summed E-state index contributed by atoms with van der Waals surface area (Å²) in [5.41, 5.74) is 2.06. The predicted octanol–water partition coefficient (Wildman–Crippen LogP) is 3.00. The molecular formula is C20H20N6O2. The second kappa shape index (κ2) is 7.51. The van der Waals surface area contributed by atoms with Crippen molar-refractivity contribution in [1.29, 1.82) is 0 Å². The third-order valence-electron chi connectivity index (χ3n) is 4.46.